The quantitative estimate of drug-likeness (QED) is 0.856. The number of amides is 2. The Hall–Kier alpha value is -2.69. The molecule has 0 saturated carbocycles. The van der Waals surface area contributed by atoms with Gasteiger partial charge in [-0.05, 0) is 29.7 Å². The van der Waals surface area contributed by atoms with Crippen molar-refractivity contribution >= 4 is 17.5 Å². The van der Waals surface area contributed by atoms with Gasteiger partial charge in [-0.2, -0.15) is 0 Å². The molecule has 2 amide bonds. The van der Waals surface area contributed by atoms with Crippen LogP contribution in [0.1, 0.15) is 19.4 Å². The SMILES string of the molecule is CC(C)[C@H](NC(=O)Cc1ccccc1)C(=O)Nc1cccc(F)c1. The molecule has 0 fully saturated rings. The molecule has 0 radical (unpaired) electrons. The Balaban J connectivity index is 2.00. The maximum absolute atomic E-state index is 13.2. The highest BCUT2D eigenvalue weighted by Gasteiger charge is 2.24. The molecule has 0 saturated heterocycles. The number of nitrogens with one attached hydrogen (secondary N) is 2. The topological polar surface area (TPSA) is 58.2 Å². The molecular weight excluding hydrogens is 307 g/mol. The van der Waals surface area contributed by atoms with E-state index in [1.807, 2.05) is 44.2 Å². The molecule has 24 heavy (non-hydrogen) atoms. The molecule has 0 aliphatic rings. The number of benzene rings is 2. The molecule has 2 aromatic carbocycles. The number of carbonyl (C=O) groups is 2. The lowest BCUT2D eigenvalue weighted by Gasteiger charge is -2.22. The second-order valence-corrected chi connectivity index (χ2v) is 5.95. The maximum Gasteiger partial charge on any atom is 0.247 e. The molecule has 126 valence electrons. The minimum absolute atomic E-state index is 0.0988. The van der Waals surface area contributed by atoms with Gasteiger partial charge in [0.1, 0.15) is 11.9 Å². The molecule has 0 aliphatic heterocycles. The van der Waals surface area contributed by atoms with Crippen molar-refractivity contribution in [1.82, 2.24) is 5.32 Å². The maximum atomic E-state index is 13.2. The van der Waals surface area contributed by atoms with E-state index >= 15 is 0 Å². The molecule has 2 N–H and O–H groups in total. The number of rotatable bonds is 6. The highest BCUT2D eigenvalue weighted by atomic mass is 19.1. The Bertz CT molecular complexity index is 702. The zero-order valence-corrected chi connectivity index (χ0v) is 13.8. The van der Waals surface area contributed by atoms with Crippen molar-refractivity contribution < 1.29 is 14.0 Å². The van der Waals surface area contributed by atoms with E-state index < -0.39 is 11.9 Å². The van der Waals surface area contributed by atoms with E-state index in [1.54, 1.807) is 6.07 Å². The smallest absolute Gasteiger partial charge is 0.247 e. The van der Waals surface area contributed by atoms with Gasteiger partial charge in [-0.3, -0.25) is 9.59 Å². The standard InChI is InChI=1S/C19H21FN2O2/c1-13(2)18(19(24)21-16-10-6-9-15(20)12-16)22-17(23)11-14-7-4-3-5-8-14/h3-10,12-13,18H,11H2,1-2H3,(H,21,24)(H,22,23)/t18-/m0/s1. The van der Waals surface area contributed by atoms with Gasteiger partial charge in [-0.25, -0.2) is 4.39 Å². The molecule has 0 aromatic heterocycles. The fourth-order valence-corrected chi connectivity index (χ4v) is 2.33. The van der Waals surface area contributed by atoms with Gasteiger partial charge in [-0.15, -0.1) is 0 Å². The molecule has 2 rings (SSSR count). The lowest BCUT2D eigenvalue weighted by molar-refractivity contribution is -0.127. The third kappa shape index (κ3) is 5.19. The number of anilines is 1. The number of hydrogen-bond donors (Lipinski definition) is 2. The van der Waals surface area contributed by atoms with Gasteiger partial charge in [-0.1, -0.05) is 50.2 Å². The van der Waals surface area contributed by atoms with Crippen LogP contribution < -0.4 is 10.6 Å². The monoisotopic (exact) mass is 328 g/mol. The van der Waals surface area contributed by atoms with Crippen molar-refractivity contribution in [3.63, 3.8) is 0 Å². The zero-order valence-electron chi connectivity index (χ0n) is 13.8. The summed E-state index contributed by atoms with van der Waals surface area (Å²) >= 11 is 0. The van der Waals surface area contributed by atoms with E-state index in [2.05, 4.69) is 10.6 Å². The van der Waals surface area contributed by atoms with Crippen LogP contribution in [0.5, 0.6) is 0 Å². The van der Waals surface area contributed by atoms with E-state index in [0.717, 1.165) is 5.56 Å². The van der Waals surface area contributed by atoms with Crippen LogP contribution in [0.15, 0.2) is 54.6 Å². The zero-order chi connectivity index (χ0) is 17.5. The van der Waals surface area contributed by atoms with Crippen LogP contribution in [0.4, 0.5) is 10.1 Å². The van der Waals surface area contributed by atoms with Crippen molar-refractivity contribution in [2.45, 2.75) is 26.3 Å². The summed E-state index contributed by atoms with van der Waals surface area (Å²) in [4.78, 5) is 24.6. The molecule has 5 heteroatoms. The molecule has 1 atom stereocenters. The predicted molar refractivity (Wildman–Crippen MR) is 91.9 cm³/mol. The highest BCUT2D eigenvalue weighted by Crippen LogP contribution is 2.12. The van der Waals surface area contributed by atoms with E-state index in [1.165, 1.54) is 18.2 Å². The minimum atomic E-state index is -0.690. The van der Waals surface area contributed by atoms with Crippen LogP contribution in [0, 0.1) is 11.7 Å². The summed E-state index contributed by atoms with van der Waals surface area (Å²) in [6.07, 6.45) is 0.206. The Labute approximate surface area is 141 Å². The van der Waals surface area contributed by atoms with Crippen LogP contribution in [0.25, 0.3) is 0 Å². The first kappa shape index (κ1) is 17.7. The van der Waals surface area contributed by atoms with Crippen molar-refractivity contribution in [1.29, 1.82) is 0 Å². The highest BCUT2D eigenvalue weighted by molar-refractivity contribution is 5.97. The fraction of sp³-hybridized carbons (Fsp3) is 0.263. The average molecular weight is 328 g/mol. The summed E-state index contributed by atoms with van der Waals surface area (Å²) < 4.78 is 13.2. The van der Waals surface area contributed by atoms with Crippen LogP contribution >= 0.6 is 0 Å². The lowest BCUT2D eigenvalue weighted by atomic mass is 10.0. The second kappa shape index (κ2) is 8.24. The van der Waals surface area contributed by atoms with E-state index in [9.17, 15) is 14.0 Å². The molecule has 0 heterocycles. The first-order valence-corrected chi connectivity index (χ1v) is 7.85. The van der Waals surface area contributed by atoms with Gasteiger partial charge >= 0.3 is 0 Å². The second-order valence-electron chi connectivity index (χ2n) is 5.95. The first-order chi connectivity index (χ1) is 11.5. The van der Waals surface area contributed by atoms with E-state index in [4.69, 9.17) is 0 Å². The summed E-state index contributed by atoms with van der Waals surface area (Å²) in [5.74, 6) is -1.12. The summed E-state index contributed by atoms with van der Waals surface area (Å²) in [5, 5.41) is 5.39. The van der Waals surface area contributed by atoms with Gasteiger partial charge in [0.05, 0.1) is 6.42 Å². The molecule has 4 nitrogen and oxygen atoms in total. The van der Waals surface area contributed by atoms with Gasteiger partial charge in [0.15, 0.2) is 0 Å². The summed E-state index contributed by atoms with van der Waals surface area (Å²) in [6, 6.07) is 14.3. The van der Waals surface area contributed by atoms with Crippen LogP contribution in [-0.4, -0.2) is 17.9 Å². The molecule has 0 unspecified atom stereocenters. The largest absolute Gasteiger partial charge is 0.344 e. The van der Waals surface area contributed by atoms with Gasteiger partial charge in [0, 0.05) is 5.69 Å². The van der Waals surface area contributed by atoms with Crippen molar-refractivity contribution in [2.75, 3.05) is 5.32 Å². The van der Waals surface area contributed by atoms with Crippen molar-refractivity contribution in [3.8, 4) is 0 Å². The average Bonchev–Trinajstić information content (AvgIpc) is 2.53. The summed E-state index contributed by atoms with van der Waals surface area (Å²) in [5.41, 5.74) is 1.24. The Kier molecular flexibility index (Phi) is 6.07. The summed E-state index contributed by atoms with van der Waals surface area (Å²) in [7, 11) is 0. The van der Waals surface area contributed by atoms with E-state index in [0.29, 0.717) is 5.69 Å². The minimum Gasteiger partial charge on any atom is -0.344 e. The predicted octanol–water partition coefficient (Wildman–Crippen LogP) is 3.15. The van der Waals surface area contributed by atoms with Crippen LogP contribution in [0.3, 0.4) is 0 Å². The summed E-state index contributed by atoms with van der Waals surface area (Å²) in [6.45, 7) is 3.69. The third-order valence-electron chi connectivity index (χ3n) is 3.57. The molecular formula is C19H21FN2O2. The molecule has 0 aliphatic carbocycles. The number of halogens is 1. The Morgan fingerprint density at radius 1 is 1.04 bits per heavy atom. The number of hydrogen-bond acceptors (Lipinski definition) is 2. The van der Waals surface area contributed by atoms with Gasteiger partial charge < -0.3 is 10.6 Å². The fourth-order valence-electron chi connectivity index (χ4n) is 2.33. The molecule has 0 spiro atoms. The van der Waals surface area contributed by atoms with Gasteiger partial charge in [0.25, 0.3) is 0 Å². The Morgan fingerprint density at radius 3 is 2.38 bits per heavy atom. The van der Waals surface area contributed by atoms with Crippen LogP contribution in [-0.2, 0) is 16.0 Å². The van der Waals surface area contributed by atoms with Crippen LogP contribution in [0.2, 0.25) is 0 Å². The van der Waals surface area contributed by atoms with Crippen molar-refractivity contribution in [3.05, 3.63) is 66.0 Å². The van der Waals surface area contributed by atoms with Crippen molar-refractivity contribution in [2.24, 2.45) is 5.92 Å². The molecule has 0 bridgehead atoms. The number of carbonyl (C=O) groups excluding carboxylic acids is 2. The normalized spacial score (nSPS) is 11.8. The van der Waals surface area contributed by atoms with E-state index in [-0.39, 0.29) is 24.2 Å². The lowest BCUT2D eigenvalue weighted by Crippen LogP contribution is -2.47. The molecule has 2 aromatic rings. The third-order valence-corrected chi connectivity index (χ3v) is 3.57. The first-order valence-electron chi connectivity index (χ1n) is 7.85. The van der Waals surface area contributed by atoms with Gasteiger partial charge in [0.2, 0.25) is 11.8 Å². The Morgan fingerprint density at radius 2 is 1.75 bits per heavy atom.